The fourth-order valence-corrected chi connectivity index (χ4v) is 3.72. The molecule has 0 spiro atoms. The van der Waals surface area contributed by atoms with Gasteiger partial charge in [0.2, 0.25) is 5.91 Å². The van der Waals surface area contributed by atoms with Crippen LogP contribution in [0.3, 0.4) is 0 Å². The van der Waals surface area contributed by atoms with Crippen LogP contribution in [-0.2, 0) is 22.6 Å². The molecule has 140 valence electrons. The molecule has 0 saturated carbocycles. The van der Waals surface area contributed by atoms with Gasteiger partial charge in [-0.3, -0.25) is 9.69 Å². The average molecular weight is 396 g/mol. The summed E-state index contributed by atoms with van der Waals surface area (Å²) in [4.78, 5) is 14.5. The number of benzene rings is 1. The maximum absolute atomic E-state index is 12.2. The molecule has 1 amide bonds. The summed E-state index contributed by atoms with van der Waals surface area (Å²) < 4.78 is 7.44. The van der Waals surface area contributed by atoms with Crippen LogP contribution in [0.1, 0.15) is 12.7 Å². The van der Waals surface area contributed by atoms with Crippen LogP contribution in [0.25, 0.3) is 0 Å². The fraction of sp³-hybridized carbons (Fsp3) is 0.471. The van der Waals surface area contributed by atoms with Crippen LogP contribution >= 0.6 is 23.4 Å². The molecular weight excluding hydrogens is 374 g/mol. The first-order chi connectivity index (χ1) is 12.7. The number of carbonyl (C=O) groups is 1. The number of anilines is 1. The Morgan fingerprint density at radius 2 is 2.15 bits per heavy atom. The van der Waals surface area contributed by atoms with E-state index >= 15 is 0 Å². The third kappa shape index (κ3) is 5.20. The van der Waals surface area contributed by atoms with Crippen LogP contribution < -0.4 is 5.32 Å². The minimum Gasteiger partial charge on any atom is -0.379 e. The van der Waals surface area contributed by atoms with Gasteiger partial charge < -0.3 is 14.6 Å². The van der Waals surface area contributed by atoms with E-state index < -0.39 is 0 Å². The van der Waals surface area contributed by atoms with Crippen LogP contribution in [0, 0.1) is 0 Å². The third-order valence-electron chi connectivity index (χ3n) is 4.02. The van der Waals surface area contributed by atoms with Crippen molar-refractivity contribution in [3.8, 4) is 0 Å². The van der Waals surface area contributed by atoms with Crippen molar-refractivity contribution in [2.45, 2.75) is 25.2 Å². The molecule has 2 heterocycles. The number of ether oxygens (including phenoxy) is 1. The molecule has 9 heteroatoms. The number of hydrogen-bond donors (Lipinski definition) is 1. The second-order valence-corrected chi connectivity index (χ2v) is 7.26. The van der Waals surface area contributed by atoms with E-state index in [1.165, 1.54) is 11.8 Å². The molecule has 7 nitrogen and oxygen atoms in total. The van der Waals surface area contributed by atoms with Crippen LogP contribution in [0.5, 0.6) is 0 Å². The number of halogens is 1. The monoisotopic (exact) mass is 395 g/mol. The largest absolute Gasteiger partial charge is 0.379 e. The first-order valence-electron chi connectivity index (χ1n) is 8.56. The van der Waals surface area contributed by atoms with Crippen molar-refractivity contribution < 1.29 is 9.53 Å². The maximum Gasteiger partial charge on any atom is 0.234 e. The Bertz CT molecular complexity index is 749. The van der Waals surface area contributed by atoms with E-state index in [9.17, 15) is 4.79 Å². The topological polar surface area (TPSA) is 72.3 Å². The van der Waals surface area contributed by atoms with Crippen molar-refractivity contribution in [2.75, 3.05) is 37.4 Å². The molecule has 1 aliphatic rings. The zero-order chi connectivity index (χ0) is 18.4. The van der Waals surface area contributed by atoms with Crippen molar-refractivity contribution in [1.82, 2.24) is 19.7 Å². The highest BCUT2D eigenvalue weighted by Crippen LogP contribution is 2.20. The molecule has 1 aliphatic heterocycles. The van der Waals surface area contributed by atoms with Gasteiger partial charge in [-0.25, -0.2) is 0 Å². The Kier molecular flexibility index (Phi) is 6.90. The Morgan fingerprint density at radius 3 is 2.88 bits per heavy atom. The molecule has 1 saturated heterocycles. The van der Waals surface area contributed by atoms with Gasteiger partial charge in [-0.2, -0.15) is 0 Å². The minimum atomic E-state index is -0.0994. The standard InChI is InChI=1S/C17H22ClN5O2S/c1-2-23-15(11-22-6-8-25-9-7-22)20-21-17(23)26-12-16(24)19-14-5-3-4-13(18)10-14/h3-5,10H,2,6-9,11-12H2,1H3,(H,19,24). The normalized spacial score (nSPS) is 15.2. The van der Waals surface area contributed by atoms with Gasteiger partial charge >= 0.3 is 0 Å². The number of morpholine rings is 1. The summed E-state index contributed by atoms with van der Waals surface area (Å²) in [6.07, 6.45) is 0. The number of amides is 1. The molecule has 0 unspecified atom stereocenters. The van der Waals surface area contributed by atoms with Crippen molar-refractivity contribution in [1.29, 1.82) is 0 Å². The van der Waals surface area contributed by atoms with E-state index in [1.807, 2.05) is 6.07 Å². The Morgan fingerprint density at radius 1 is 1.35 bits per heavy atom. The highest BCUT2D eigenvalue weighted by molar-refractivity contribution is 7.99. The summed E-state index contributed by atoms with van der Waals surface area (Å²) in [5.74, 6) is 1.09. The molecular formula is C17H22ClN5O2S. The summed E-state index contributed by atoms with van der Waals surface area (Å²) in [6.45, 7) is 6.89. The van der Waals surface area contributed by atoms with Crippen molar-refractivity contribution >= 4 is 35.0 Å². The Labute approximate surface area is 162 Å². The van der Waals surface area contributed by atoms with E-state index in [1.54, 1.807) is 18.2 Å². The summed E-state index contributed by atoms with van der Waals surface area (Å²) in [5.41, 5.74) is 0.688. The lowest BCUT2D eigenvalue weighted by Gasteiger charge is -2.26. The number of thioether (sulfide) groups is 1. The van der Waals surface area contributed by atoms with Gasteiger partial charge in [0, 0.05) is 30.3 Å². The first kappa shape index (κ1) is 19.2. The smallest absolute Gasteiger partial charge is 0.234 e. The van der Waals surface area contributed by atoms with Crippen LogP contribution in [0.2, 0.25) is 5.02 Å². The third-order valence-corrected chi connectivity index (χ3v) is 5.22. The van der Waals surface area contributed by atoms with Crippen LogP contribution in [-0.4, -0.2) is 57.6 Å². The van der Waals surface area contributed by atoms with E-state index in [2.05, 4.69) is 31.9 Å². The van der Waals surface area contributed by atoms with E-state index in [-0.39, 0.29) is 11.7 Å². The molecule has 0 bridgehead atoms. The number of carbonyl (C=O) groups excluding carboxylic acids is 1. The number of rotatable bonds is 7. The SMILES string of the molecule is CCn1c(CN2CCOCC2)nnc1SCC(=O)Nc1cccc(Cl)c1. The van der Waals surface area contributed by atoms with Gasteiger partial charge in [-0.05, 0) is 25.1 Å². The van der Waals surface area contributed by atoms with Gasteiger partial charge in [0.15, 0.2) is 5.16 Å². The lowest BCUT2D eigenvalue weighted by atomic mass is 10.3. The maximum atomic E-state index is 12.2. The zero-order valence-corrected chi connectivity index (χ0v) is 16.2. The van der Waals surface area contributed by atoms with E-state index in [4.69, 9.17) is 16.3 Å². The molecule has 0 aliphatic carbocycles. The van der Waals surface area contributed by atoms with Gasteiger partial charge in [0.25, 0.3) is 0 Å². The summed E-state index contributed by atoms with van der Waals surface area (Å²) >= 11 is 7.32. The molecule has 3 rings (SSSR count). The number of hydrogen-bond acceptors (Lipinski definition) is 6. The average Bonchev–Trinajstić information content (AvgIpc) is 3.02. The molecule has 26 heavy (non-hydrogen) atoms. The second-order valence-electron chi connectivity index (χ2n) is 5.88. The zero-order valence-electron chi connectivity index (χ0n) is 14.7. The predicted octanol–water partition coefficient (Wildman–Crippen LogP) is 2.51. The van der Waals surface area contributed by atoms with Gasteiger partial charge in [0.1, 0.15) is 5.82 Å². The van der Waals surface area contributed by atoms with Crippen molar-refractivity contribution in [3.63, 3.8) is 0 Å². The number of aromatic nitrogens is 3. The lowest BCUT2D eigenvalue weighted by Crippen LogP contribution is -2.36. The van der Waals surface area contributed by atoms with Crippen LogP contribution in [0.4, 0.5) is 5.69 Å². The molecule has 1 fully saturated rings. The van der Waals surface area contributed by atoms with Crippen LogP contribution in [0.15, 0.2) is 29.4 Å². The van der Waals surface area contributed by atoms with Gasteiger partial charge in [-0.15, -0.1) is 10.2 Å². The molecule has 1 N–H and O–H groups in total. The second kappa shape index (κ2) is 9.36. The molecule has 1 aromatic heterocycles. The summed E-state index contributed by atoms with van der Waals surface area (Å²) in [7, 11) is 0. The summed E-state index contributed by atoms with van der Waals surface area (Å²) in [5, 5.41) is 12.8. The van der Waals surface area contributed by atoms with E-state index in [0.717, 1.165) is 50.4 Å². The Balaban J connectivity index is 1.56. The molecule has 0 radical (unpaired) electrons. The minimum absolute atomic E-state index is 0.0994. The Hall–Kier alpha value is -1.61. The molecule has 1 aromatic carbocycles. The quantitative estimate of drug-likeness (QED) is 0.726. The van der Waals surface area contributed by atoms with Gasteiger partial charge in [-0.1, -0.05) is 29.4 Å². The predicted molar refractivity (Wildman–Crippen MR) is 103 cm³/mol. The lowest BCUT2D eigenvalue weighted by molar-refractivity contribution is -0.113. The summed E-state index contributed by atoms with van der Waals surface area (Å²) in [6, 6.07) is 7.10. The van der Waals surface area contributed by atoms with Crippen molar-refractivity contribution in [3.05, 3.63) is 35.1 Å². The molecule has 2 aromatic rings. The fourth-order valence-electron chi connectivity index (χ4n) is 2.71. The van der Waals surface area contributed by atoms with E-state index in [0.29, 0.717) is 10.7 Å². The van der Waals surface area contributed by atoms with Gasteiger partial charge in [0.05, 0.1) is 25.5 Å². The highest BCUT2D eigenvalue weighted by atomic mass is 35.5. The first-order valence-corrected chi connectivity index (χ1v) is 9.92. The van der Waals surface area contributed by atoms with Crippen molar-refractivity contribution in [2.24, 2.45) is 0 Å². The number of nitrogens with one attached hydrogen (secondary N) is 1. The molecule has 0 atom stereocenters. The number of nitrogens with zero attached hydrogens (tertiary/aromatic N) is 4. The highest BCUT2D eigenvalue weighted by Gasteiger charge is 2.17.